The van der Waals surface area contributed by atoms with Gasteiger partial charge in [0.1, 0.15) is 11.5 Å². The maximum absolute atomic E-state index is 9.55. The summed E-state index contributed by atoms with van der Waals surface area (Å²) in [6, 6.07) is 15.5. The van der Waals surface area contributed by atoms with E-state index in [1.807, 2.05) is 0 Å². The molecule has 2 aliphatic rings. The lowest BCUT2D eigenvalue weighted by molar-refractivity contribution is -0.134. The summed E-state index contributed by atoms with van der Waals surface area (Å²) >= 11 is 0. The monoisotopic (exact) mass is 424 g/mol. The minimum Gasteiger partial charge on any atom is -0.478 e. The number of ether oxygens (including phenoxy) is 1. The molecule has 0 radical (unpaired) electrons. The molecule has 7 heteroatoms. The van der Waals surface area contributed by atoms with Crippen LogP contribution in [-0.2, 0) is 16.0 Å². The number of carboxylic acids is 2. The number of piperazine rings is 1. The Labute approximate surface area is 182 Å². The minimum absolute atomic E-state index is 0.405. The van der Waals surface area contributed by atoms with Crippen LogP contribution < -0.4 is 4.74 Å². The number of hydrogen-bond acceptors (Lipinski definition) is 5. The smallest absolute Gasteiger partial charge is 0.328 e. The molecule has 2 heterocycles. The Bertz CT molecular complexity index is 948. The largest absolute Gasteiger partial charge is 0.478 e. The number of aryl methyl sites for hydroxylation is 1. The van der Waals surface area contributed by atoms with Gasteiger partial charge in [-0.15, -0.1) is 0 Å². The number of nitrogens with zero attached hydrogens (tertiary/aromatic N) is 2. The Morgan fingerprint density at radius 3 is 2.26 bits per heavy atom. The van der Waals surface area contributed by atoms with Gasteiger partial charge in [0, 0.05) is 49.9 Å². The van der Waals surface area contributed by atoms with E-state index < -0.39 is 11.9 Å². The highest BCUT2D eigenvalue weighted by Gasteiger charge is 2.29. The van der Waals surface area contributed by atoms with Crippen LogP contribution in [0.1, 0.15) is 22.7 Å². The predicted molar refractivity (Wildman–Crippen MR) is 118 cm³/mol. The summed E-state index contributed by atoms with van der Waals surface area (Å²) in [5, 5.41) is 15.6. The molecule has 2 N–H and O–H groups in total. The standard InChI is InChI=1S/C20H24N2O.C4H4O4/c1-15-7-8-20-17(13-15)18(22-11-9-21(2)10-12-22)14-16-5-3-4-6-19(16)23-20;5-3(6)1-2-4(7)8/h3-8,13,18H,9-12,14H2,1-2H3;1-2H,(H,5,6)(H,7,8)/b;2-1-. The molecule has 7 nitrogen and oxygen atoms in total. The van der Waals surface area contributed by atoms with Gasteiger partial charge < -0.3 is 19.8 Å². The lowest BCUT2D eigenvalue weighted by Crippen LogP contribution is -2.46. The number of carboxylic acid groups (broad SMARTS) is 2. The first-order valence-corrected chi connectivity index (χ1v) is 10.3. The number of benzene rings is 2. The highest BCUT2D eigenvalue weighted by molar-refractivity contribution is 5.89. The van der Waals surface area contributed by atoms with Crippen molar-refractivity contribution in [1.82, 2.24) is 9.80 Å². The van der Waals surface area contributed by atoms with E-state index in [4.69, 9.17) is 14.9 Å². The SMILES string of the molecule is Cc1ccc2c(c1)C(N1CCN(C)CC1)Cc1ccccc1O2.O=C(O)/C=C\C(=O)O. The average Bonchev–Trinajstić information content (AvgIpc) is 2.90. The first kappa shape index (κ1) is 22.5. The van der Waals surface area contributed by atoms with Crippen molar-refractivity contribution in [2.24, 2.45) is 0 Å². The summed E-state index contributed by atoms with van der Waals surface area (Å²) in [6.07, 6.45) is 2.14. The zero-order valence-corrected chi connectivity index (χ0v) is 17.8. The second-order valence-electron chi connectivity index (χ2n) is 7.82. The first-order chi connectivity index (χ1) is 14.8. The third-order valence-corrected chi connectivity index (χ3v) is 5.48. The topological polar surface area (TPSA) is 90.3 Å². The van der Waals surface area contributed by atoms with E-state index in [0.29, 0.717) is 18.2 Å². The minimum atomic E-state index is -1.26. The Morgan fingerprint density at radius 2 is 1.61 bits per heavy atom. The highest BCUT2D eigenvalue weighted by atomic mass is 16.5. The molecule has 0 saturated carbocycles. The van der Waals surface area contributed by atoms with Crippen LogP contribution >= 0.6 is 0 Å². The number of likely N-dealkylation sites (N-methyl/N-ethyl adjacent to an activating group) is 1. The zero-order chi connectivity index (χ0) is 22.4. The molecular weight excluding hydrogens is 396 g/mol. The van der Waals surface area contributed by atoms with Crippen LogP contribution in [0.3, 0.4) is 0 Å². The third-order valence-electron chi connectivity index (χ3n) is 5.48. The molecule has 164 valence electrons. The van der Waals surface area contributed by atoms with E-state index in [9.17, 15) is 9.59 Å². The third kappa shape index (κ3) is 6.16. The molecule has 2 aromatic rings. The predicted octanol–water partition coefficient (Wildman–Crippen LogP) is 3.34. The number of fused-ring (bicyclic) bond motifs is 2. The van der Waals surface area contributed by atoms with Crippen molar-refractivity contribution >= 4 is 11.9 Å². The van der Waals surface area contributed by atoms with Crippen LogP contribution in [0.2, 0.25) is 0 Å². The molecule has 1 fully saturated rings. The number of hydrogen-bond donors (Lipinski definition) is 2. The van der Waals surface area contributed by atoms with Crippen LogP contribution in [0.4, 0.5) is 0 Å². The Balaban J connectivity index is 0.000000293. The van der Waals surface area contributed by atoms with E-state index in [1.165, 1.54) is 16.7 Å². The summed E-state index contributed by atoms with van der Waals surface area (Å²) in [4.78, 5) is 24.1. The summed E-state index contributed by atoms with van der Waals surface area (Å²) < 4.78 is 6.26. The normalized spacial score (nSPS) is 18.7. The molecule has 2 aliphatic heterocycles. The molecule has 0 aliphatic carbocycles. The van der Waals surface area contributed by atoms with Gasteiger partial charge in [0.2, 0.25) is 0 Å². The molecular formula is C24H28N2O5. The maximum atomic E-state index is 9.55. The Hall–Kier alpha value is -3.16. The molecule has 4 rings (SSSR count). The zero-order valence-electron chi connectivity index (χ0n) is 17.8. The summed E-state index contributed by atoms with van der Waals surface area (Å²) in [7, 11) is 2.21. The van der Waals surface area contributed by atoms with Gasteiger partial charge in [-0.2, -0.15) is 0 Å². The summed E-state index contributed by atoms with van der Waals surface area (Å²) in [5.74, 6) is -0.487. The maximum Gasteiger partial charge on any atom is 0.328 e. The molecule has 1 unspecified atom stereocenters. The molecule has 0 bridgehead atoms. The lowest BCUT2D eigenvalue weighted by Gasteiger charge is -2.38. The van der Waals surface area contributed by atoms with E-state index in [1.54, 1.807) is 0 Å². The highest BCUT2D eigenvalue weighted by Crippen LogP contribution is 2.41. The molecule has 1 saturated heterocycles. The van der Waals surface area contributed by atoms with Crippen molar-refractivity contribution in [2.45, 2.75) is 19.4 Å². The second-order valence-corrected chi connectivity index (χ2v) is 7.82. The molecule has 2 aromatic carbocycles. The van der Waals surface area contributed by atoms with Gasteiger partial charge in [-0.25, -0.2) is 9.59 Å². The number of para-hydroxylation sites is 1. The van der Waals surface area contributed by atoms with Crippen molar-refractivity contribution < 1.29 is 24.5 Å². The number of carbonyl (C=O) groups is 2. The van der Waals surface area contributed by atoms with Gasteiger partial charge in [-0.1, -0.05) is 35.9 Å². The van der Waals surface area contributed by atoms with Crippen LogP contribution in [0.15, 0.2) is 54.6 Å². The fourth-order valence-corrected chi connectivity index (χ4v) is 3.83. The first-order valence-electron chi connectivity index (χ1n) is 10.3. The van der Waals surface area contributed by atoms with Crippen LogP contribution in [0.25, 0.3) is 0 Å². The van der Waals surface area contributed by atoms with Crippen LogP contribution in [-0.4, -0.2) is 65.2 Å². The summed E-state index contributed by atoms with van der Waals surface area (Å²) in [5.41, 5.74) is 3.95. The van der Waals surface area contributed by atoms with Gasteiger partial charge in [-0.05, 0) is 38.1 Å². The van der Waals surface area contributed by atoms with E-state index in [0.717, 1.165) is 44.1 Å². The van der Waals surface area contributed by atoms with Crippen molar-refractivity contribution in [3.05, 3.63) is 71.3 Å². The van der Waals surface area contributed by atoms with Crippen LogP contribution in [0, 0.1) is 6.92 Å². The molecule has 0 aromatic heterocycles. The Kier molecular flexibility index (Phi) is 7.44. The lowest BCUT2D eigenvalue weighted by atomic mass is 9.95. The van der Waals surface area contributed by atoms with E-state index in [2.05, 4.69) is 66.2 Å². The Morgan fingerprint density at radius 1 is 0.968 bits per heavy atom. The van der Waals surface area contributed by atoms with Gasteiger partial charge in [-0.3, -0.25) is 4.90 Å². The molecule has 31 heavy (non-hydrogen) atoms. The van der Waals surface area contributed by atoms with Crippen molar-refractivity contribution in [3.63, 3.8) is 0 Å². The summed E-state index contributed by atoms with van der Waals surface area (Å²) in [6.45, 7) is 6.69. The quantitative estimate of drug-likeness (QED) is 0.731. The van der Waals surface area contributed by atoms with E-state index in [-0.39, 0.29) is 0 Å². The second kappa shape index (κ2) is 10.2. The number of aliphatic carboxylic acids is 2. The molecule has 1 atom stereocenters. The molecule has 0 amide bonds. The van der Waals surface area contributed by atoms with Crippen molar-refractivity contribution in [1.29, 1.82) is 0 Å². The average molecular weight is 424 g/mol. The fraction of sp³-hybridized carbons (Fsp3) is 0.333. The van der Waals surface area contributed by atoms with Gasteiger partial charge in [0.05, 0.1) is 0 Å². The van der Waals surface area contributed by atoms with E-state index >= 15 is 0 Å². The van der Waals surface area contributed by atoms with Crippen molar-refractivity contribution in [2.75, 3.05) is 33.2 Å². The van der Waals surface area contributed by atoms with Gasteiger partial charge in [0.25, 0.3) is 0 Å². The number of rotatable bonds is 3. The van der Waals surface area contributed by atoms with Gasteiger partial charge >= 0.3 is 11.9 Å². The molecule has 0 spiro atoms. The fourth-order valence-electron chi connectivity index (χ4n) is 3.83. The van der Waals surface area contributed by atoms with Crippen molar-refractivity contribution in [3.8, 4) is 11.5 Å². The van der Waals surface area contributed by atoms with Crippen LogP contribution in [0.5, 0.6) is 11.5 Å². The van der Waals surface area contributed by atoms with Gasteiger partial charge in [0.15, 0.2) is 0 Å².